The van der Waals surface area contributed by atoms with Crippen molar-refractivity contribution < 1.29 is 14.3 Å². The molecule has 0 aliphatic carbocycles. The number of carbonyl (C=O) groups excluding carboxylic acids is 1. The lowest BCUT2D eigenvalue weighted by molar-refractivity contribution is -0.118. The summed E-state index contributed by atoms with van der Waals surface area (Å²) in [5.74, 6) is 2.28. The van der Waals surface area contributed by atoms with E-state index in [9.17, 15) is 4.79 Å². The summed E-state index contributed by atoms with van der Waals surface area (Å²) in [7, 11) is 0. The van der Waals surface area contributed by atoms with E-state index in [2.05, 4.69) is 20.3 Å². The second-order valence-electron chi connectivity index (χ2n) is 7.24. The zero-order chi connectivity index (χ0) is 19.0. The Morgan fingerprint density at radius 2 is 2.04 bits per heavy atom. The van der Waals surface area contributed by atoms with Gasteiger partial charge in [-0.05, 0) is 38.5 Å². The van der Waals surface area contributed by atoms with Crippen molar-refractivity contribution in [2.24, 2.45) is 0 Å². The van der Waals surface area contributed by atoms with E-state index in [4.69, 9.17) is 9.47 Å². The van der Waals surface area contributed by atoms with Gasteiger partial charge in [-0.2, -0.15) is 0 Å². The Morgan fingerprint density at radius 1 is 1.22 bits per heavy atom. The molecule has 0 saturated carbocycles. The molecule has 3 aromatic rings. The van der Waals surface area contributed by atoms with Crippen molar-refractivity contribution in [2.75, 3.05) is 12.1 Å². The molecule has 2 aromatic heterocycles. The van der Waals surface area contributed by atoms with Gasteiger partial charge >= 0.3 is 0 Å². The smallest absolute Gasteiger partial charge is 0.231 e. The van der Waals surface area contributed by atoms with Crippen molar-refractivity contribution >= 4 is 22.8 Å². The lowest BCUT2D eigenvalue weighted by Crippen LogP contribution is -2.28. The normalized spacial score (nSPS) is 13.1. The highest BCUT2D eigenvalue weighted by Gasteiger charge is 2.25. The van der Waals surface area contributed by atoms with Gasteiger partial charge in [0.15, 0.2) is 23.0 Å². The number of hydrogen-bond donors (Lipinski definition) is 1. The van der Waals surface area contributed by atoms with Crippen LogP contribution >= 0.6 is 0 Å². The fourth-order valence-electron chi connectivity index (χ4n) is 3.34. The largest absolute Gasteiger partial charge is 0.454 e. The predicted octanol–water partition coefficient (Wildman–Crippen LogP) is 2.88. The molecule has 27 heavy (non-hydrogen) atoms. The maximum Gasteiger partial charge on any atom is 0.231 e. The van der Waals surface area contributed by atoms with E-state index in [1.165, 1.54) is 6.33 Å². The molecule has 0 amide bonds. The molecule has 3 heterocycles. The van der Waals surface area contributed by atoms with E-state index in [-0.39, 0.29) is 12.6 Å². The van der Waals surface area contributed by atoms with Crippen LogP contribution in [-0.2, 0) is 16.9 Å². The van der Waals surface area contributed by atoms with Crippen LogP contribution in [0, 0.1) is 0 Å². The Labute approximate surface area is 156 Å². The van der Waals surface area contributed by atoms with Crippen LogP contribution in [-0.4, -0.2) is 32.1 Å². The van der Waals surface area contributed by atoms with E-state index in [1.54, 1.807) is 13.3 Å². The number of benzene rings is 1. The fraction of sp³-hybridized carbons (Fsp3) is 0.368. The van der Waals surface area contributed by atoms with E-state index in [1.807, 2.05) is 36.6 Å². The topological polar surface area (TPSA) is 91.2 Å². The molecule has 0 spiro atoms. The zero-order valence-corrected chi connectivity index (χ0v) is 15.5. The summed E-state index contributed by atoms with van der Waals surface area (Å²) in [5.41, 5.74) is 2.01. The van der Waals surface area contributed by atoms with E-state index in [0.717, 1.165) is 17.1 Å². The summed E-state index contributed by atoms with van der Waals surface area (Å²) in [6.45, 7) is 6.40. The Hall–Kier alpha value is -3.16. The maximum absolute atomic E-state index is 11.6. The van der Waals surface area contributed by atoms with Crippen LogP contribution < -0.4 is 14.8 Å². The molecule has 0 bridgehead atoms. The summed E-state index contributed by atoms with van der Waals surface area (Å²) in [5, 5.41) is 3.31. The molecule has 140 valence electrons. The molecular weight excluding hydrogens is 346 g/mol. The number of hydrogen-bond acceptors (Lipinski definition) is 7. The van der Waals surface area contributed by atoms with Crippen LogP contribution in [0.5, 0.6) is 11.5 Å². The highest BCUT2D eigenvalue weighted by atomic mass is 16.7. The van der Waals surface area contributed by atoms with E-state index >= 15 is 0 Å². The lowest BCUT2D eigenvalue weighted by atomic mass is 9.98. The van der Waals surface area contributed by atoms with Gasteiger partial charge in [0.25, 0.3) is 0 Å². The average molecular weight is 367 g/mol. The SMILES string of the molecule is CC(=O)CC(C)(C)n1cnc2c(NCc3ccc4c(c3)OCO4)ncnc21. The molecule has 1 aromatic carbocycles. The minimum Gasteiger partial charge on any atom is -0.454 e. The van der Waals surface area contributed by atoms with Crippen molar-refractivity contribution in [3.8, 4) is 11.5 Å². The van der Waals surface area contributed by atoms with Crippen molar-refractivity contribution in [3.05, 3.63) is 36.4 Å². The lowest BCUT2D eigenvalue weighted by Gasteiger charge is -2.25. The number of carbonyl (C=O) groups is 1. The van der Waals surface area contributed by atoms with Gasteiger partial charge in [-0.15, -0.1) is 0 Å². The van der Waals surface area contributed by atoms with Crippen molar-refractivity contribution in [3.63, 3.8) is 0 Å². The third-order valence-electron chi connectivity index (χ3n) is 4.56. The molecule has 0 fully saturated rings. The summed E-state index contributed by atoms with van der Waals surface area (Å²) >= 11 is 0. The van der Waals surface area contributed by atoms with Crippen LogP contribution in [0.25, 0.3) is 11.2 Å². The molecule has 8 heteroatoms. The highest BCUT2D eigenvalue weighted by molar-refractivity contribution is 5.83. The van der Waals surface area contributed by atoms with Gasteiger partial charge in [0.2, 0.25) is 6.79 Å². The second-order valence-corrected chi connectivity index (χ2v) is 7.24. The fourth-order valence-corrected chi connectivity index (χ4v) is 3.34. The van der Waals surface area contributed by atoms with E-state index in [0.29, 0.717) is 29.9 Å². The van der Waals surface area contributed by atoms with Crippen LogP contribution in [0.1, 0.15) is 32.8 Å². The molecule has 4 rings (SSSR count). The van der Waals surface area contributed by atoms with Gasteiger partial charge < -0.3 is 19.4 Å². The Bertz CT molecular complexity index is 1010. The summed E-state index contributed by atoms with van der Waals surface area (Å²) < 4.78 is 12.7. The van der Waals surface area contributed by atoms with Crippen LogP contribution in [0.3, 0.4) is 0 Å². The first kappa shape index (κ1) is 17.3. The number of ketones is 1. The van der Waals surface area contributed by atoms with Gasteiger partial charge in [-0.1, -0.05) is 6.07 Å². The van der Waals surface area contributed by atoms with E-state index < -0.39 is 5.54 Å². The second kappa shape index (κ2) is 6.53. The molecule has 1 N–H and O–H groups in total. The Kier molecular flexibility index (Phi) is 4.18. The number of imidazole rings is 1. The summed E-state index contributed by atoms with van der Waals surface area (Å²) in [6, 6.07) is 5.82. The van der Waals surface area contributed by atoms with Gasteiger partial charge in [-0.3, -0.25) is 4.79 Å². The molecular formula is C19H21N5O3. The zero-order valence-electron chi connectivity index (χ0n) is 15.5. The van der Waals surface area contributed by atoms with Crippen LogP contribution in [0.2, 0.25) is 0 Å². The number of aromatic nitrogens is 4. The summed E-state index contributed by atoms with van der Waals surface area (Å²) in [4.78, 5) is 24.8. The van der Waals surface area contributed by atoms with Gasteiger partial charge in [-0.25, -0.2) is 15.0 Å². The minimum absolute atomic E-state index is 0.122. The first-order valence-electron chi connectivity index (χ1n) is 8.74. The number of Topliss-reactive ketones (excluding diaryl/α,β-unsaturated/α-hetero) is 1. The third kappa shape index (κ3) is 3.30. The molecule has 0 atom stereocenters. The molecule has 8 nitrogen and oxygen atoms in total. The number of nitrogens with zero attached hydrogens (tertiary/aromatic N) is 4. The average Bonchev–Trinajstić information content (AvgIpc) is 3.25. The van der Waals surface area contributed by atoms with Gasteiger partial charge in [0.1, 0.15) is 17.6 Å². The first-order valence-corrected chi connectivity index (χ1v) is 8.74. The Morgan fingerprint density at radius 3 is 2.85 bits per heavy atom. The first-order chi connectivity index (χ1) is 12.9. The minimum atomic E-state index is -0.413. The van der Waals surface area contributed by atoms with Crippen molar-refractivity contribution in [1.29, 1.82) is 0 Å². The van der Waals surface area contributed by atoms with Gasteiger partial charge in [0.05, 0.1) is 6.33 Å². The summed E-state index contributed by atoms with van der Waals surface area (Å²) in [6.07, 6.45) is 3.63. The quantitative estimate of drug-likeness (QED) is 0.716. The standard InChI is InChI=1S/C19H21N5O3/c1-12(25)7-19(2,3)24-10-23-16-17(21-9-22-18(16)24)20-8-13-4-5-14-15(6-13)27-11-26-14/h4-6,9-10H,7-8,11H2,1-3H3,(H,20,21,22). The monoisotopic (exact) mass is 367 g/mol. The Balaban J connectivity index is 1.59. The number of ether oxygens (including phenoxy) is 2. The number of nitrogens with one attached hydrogen (secondary N) is 1. The number of fused-ring (bicyclic) bond motifs is 2. The number of rotatable bonds is 6. The predicted molar refractivity (Wildman–Crippen MR) is 99.8 cm³/mol. The van der Waals surface area contributed by atoms with Crippen LogP contribution in [0.4, 0.5) is 5.82 Å². The molecule has 0 unspecified atom stereocenters. The van der Waals surface area contributed by atoms with Crippen molar-refractivity contribution in [1.82, 2.24) is 19.5 Å². The van der Waals surface area contributed by atoms with Gasteiger partial charge in [0, 0.05) is 18.5 Å². The molecule has 0 radical (unpaired) electrons. The number of anilines is 1. The molecule has 0 saturated heterocycles. The van der Waals surface area contributed by atoms with Crippen LogP contribution in [0.15, 0.2) is 30.9 Å². The highest BCUT2D eigenvalue weighted by Crippen LogP contribution is 2.33. The molecule has 1 aliphatic heterocycles. The molecule has 1 aliphatic rings. The van der Waals surface area contributed by atoms with Crippen molar-refractivity contribution in [2.45, 2.75) is 39.3 Å². The maximum atomic E-state index is 11.6. The third-order valence-corrected chi connectivity index (χ3v) is 4.56.